The summed E-state index contributed by atoms with van der Waals surface area (Å²) in [5.41, 5.74) is 1.19. The van der Waals surface area contributed by atoms with Crippen molar-refractivity contribution in [1.82, 2.24) is 0 Å². The molecule has 0 spiro atoms. The zero-order valence-electron chi connectivity index (χ0n) is 9.20. The summed E-state index contributed by atoms with van der Waals surface area (Å²) >= 11 is 0. The van der Waals surface area contributed by atoms with Crippen LogP contribution < -0.4 is 4.74 Å². The minimum Gasteiger partial charge on any atom is -0.494 e. The van der Waals surface area contributed by atoms with Gasteiger partial charge in [-0.2, -0.15) is 5.26 Å². The van der Waals surface area contributed by atoms with E-state index in [-0.39, 0.29) is 0 Å². The van der Waals surface area contributed by atoms with Crippen molar-refractivity contribution in [3.8, 4) is 11.8 Å². The van der Waals surface area contributed by atoms with Crippen LogP contribution in [0, 0.1) is 11.3 Å². The molecule has 2 nitrogen and oxygen atoms in total. The van der Waals surface area contributed by atoms with Gasteiger partial charge in [0.2, 0.25) is 0 Å². The predicted molar refractivity (Wildman–Crippen MR) is 60.8 cm³/mol. The molecular formula is C13H17NO. The number of ether oxygens (including phenoxy) is 1. The van der Waals surface area contributed by atoms with Crippen molar-refractivity contribution in [2.45, 2.75) is 32.6 Å². The van der Waals surface area contributed by atoms with Crippen LogP contribution in [0.15, 0.2) is 24.3 Å². The Balaban J connectivity index is 2.39. The monoisotopic (exact) mass is 203 g/mol. The van der Waals surface area contributed by atoms with Gasteiger partial charge in [0.05, 0.1) is 12.7 Å². The Hall–Kier alpha value is -1.49. The molecule has 0 fully saturated rings. The van der Waals surface area contributed by atoms with Crippen LogP contribution in [0.3, 0.4) is 0 Å². The molecule has 0 aliphatic carbocycles. The van der Waals surface area contributed by atoms with E-state index in [4.69, 9.17) is 10.00 Å². The number of nitriles is 1. The molecule has 0 heterocycles. The summed E-state index contributed by atoms with van der Waals surface area (Å²) in [4.78, 5) is 0. The number of unbranched alkanes of at least 4 members (excludes halogenated alkanes) is 1. The highest BCUT2D eigenvalue weighted by atomic mass is 16.5. The average Bonchev–Trinajstić information content (AvgIpc) is 2.28. The molecular weight excluding hydrogens is 186 g/mol. The number of rotatable bonds is 6. The summed E-state index contributed by atoms with van der Waals surface area (Å²) in [6.45, 7) is 2.93. The second-order valence-electron chi connectivity index (χ2n) is 3.50. The number of nitrogens with zero attached hydrogens (tertiary/aromatic N) is 1. The first-order valence-corrected chi connectivity index (χ1v) is 5.45. The van der Waals surface area contributed by atoms with Crippen LogP contribution in [-0.2, 0) is 6.42 Å². The summed E-state index contributed by atoms with van der Waals surface area (Å²) in [7, 11) is 0. The van der Waals surface area contributed by atoms with Crippen LogP contribution in [0.25, 0.3) is 0 Å². The molecule has 0 bridgehead atoms. The second-order valence-corrected chi connectivity index (χ2v) is 3.50. The lowest BCUT2D eigenvalue weighted by molar-refractivity contribution is 0.309. The lowest BCUT2D eigenvalue weighted by Gasteiger charge is -2.05. The molecule has 0 N–H and O–H groups in total. The fraction of sp³-hybridized carbons (Fsp3) is 0.462. The number of aryl methyl sites for hydroxylation is 1. The average molecular weight is 203 g/mol. The van der Waals surface area contributed by atoms with Crippen molar-refractivity contribution >= 4 is 0 Å². The lowest BCUT2D eigenvalue weighted by atomic mass is 10.1. The Kier molecular flexibility index (Phi) is 5.32. The molecule has 0 saturated heterocycles. The first kappa shape index (κ1) is 11.6. The Morgan fingerprint density at radius 1 is 1.27 bits per heavy atom. The van der Waals surface area contributed by atoms with Crippen molar-refractivity contribution < 1.29 is 4.74 Å². The Labute approximate surface area is 91.5 Å². The van der Waals surface area contributed by atoms with Gasteiger partial charge in [0.15, 0.2) is 0 Å². The van der Waals surface area contributed by atoms with E-state index < -0.39 is 0 Å². The van der Waals surface area contributed by atoms with Crippen molar-refractivity contribution in [1.29, 1.82) is 5.26 Å². The van der Waals surface area contributed by atoms with E-state index in [1.54, 1.807) is 0 Å². The third-order valence-corrected chi connectivity index (χ3v) is 2.22. The smallest absolute Gasteiger partial charge is 0.119 e. The summed E-state index contributed by atoms with van der Waals surface area (Å²) in [6, 6.07) is 10.1. The standard InChI is InChI=1S/C13H17NO/c1-2-3-11-15-13-8-6-12(7-9-13)5-4-10-14/h6-9H,2-5,11H2,1H3. The van der Waals surface area contributed by atoms with E-state index >= 15 is 0 Å². The molecule has 0 amide bonds. The maximum atomic E-state index is 8.45. The van der Waals surface area contributed by atoms with E-state index in [9.17, 15) is 0 Å². The van der Waals surface area contributed by atoms with Crippen LogP contribution >= 0.6 is 0 Å². The van der Waals surface area contributed by atoms with Crippen molar-refractivity contribution in [3.63, 3.8) is 0 Å². The van der Waals surface area contributed by atoms with E-state index in [1.807, 2.05) is 24.3 Å². The molecule has 0 aromatic heterocycles. The minimum atomic E-state index is 0.579. The van der Waals surface area contributed by atoms with Gasteiger partial charge < -0.3 is 4.74 Å². The van der Waals surface area contributed by atoms with Crippen molar-refractivity contribution in [2.24, 2.45) is 0 Å². The Morgan fingerprint density at radius 2 is 2.00 bits per heavy atom. The van der Waals surface area contributed by atoms with Gasteiger partial charge in [-0.3, -0.25) is 0 Å². The topological polar surface area (TPSA) is 33.0 Å². The van der Waals surface area contributed by atoms with Crippen LogP contribution in [0.4, 0.5) is 0 Å². The van der Waals surface area contributed by atoms with Crippen molar-refractivity contribution in [3.05, 3.63) is 29.8 Å². The highest BCUT2D eigenvalue weighted by Crippen LogP contribution is 2.13. The van der Waals surface area contributed by atoms with Gasteiger partial charge in [-0.05, 0) is 30.5 Å². The lowest BCUT2D eigenvalue weighted by Crippen LogP contribution is -1.96. The predicted octanol–water partition coefficient (Wildman–Crippen LogP) is 3.32. The first-order chi connectivity index (χ1) is 7.36. The molecule has 0 saturated carbocycles. The zero-order chi connectivity index (χ0) is 10.9. The Morgan fingerprint density at radius 3 is 2.60 bits per heavy atom. The fourth-order valence-electron chi connectivity index (χ4n) is 1.29. The molecule has 80 valence electrons. The second kappa shape index (κ2) is 6.89. The zero-order valence-corrected chi connectivity index (χ0v) is 9.20. The molecule has 1 aromatic rings. The Bertz CT molecular complexity index is 310. The van der Waals surface area contributed by atoms with Crippen LogP contribution in [0.2, 0.25) is 0 Å². The molecule has 2 heteroatoms. The third-order valence-electron chi connectivity index (χ3n) is 2.22. The molecule has 1 aromatic carbocycles. The SMILES string of the molecule is CCCCOc1ccc(CCC#N)cc1. The molecule has 0 atom stereocenters. The fourth-order valence-corrected chi connectivity index (χ4v) is 1.29. The van der Waals surface area contributed by atoms with Crippen molar-refractivity contribution in [2.75, 3.05) is 6.61 Å². The molecule has 15 heavy (non-hydrogen) atoms. The summed E-state index contributed by atoms with van der Waals surface area (Å²) in [5, 5.41) is 8.45. The highest BCUT2D eigenvalue weighted by molar-refractivity contribution is 5.27. The quantitative estimate of drug-likeness (QED) is 0.664. The van der Waals surface area contributed by atoms with Crippen LogP contribution in [-0.4, -0.2) is 6.61 Å². The summed E-state index contributed by atoms with van der Waals surface area (Å²) in [5.74, 6) is 0.921. The van der Waals surface area contributed by atoms with Gasteiger partial charge >= 0.3 is 0 Å². The molecule has 0 aliphatic rings. The van der Waals surface area contributed by atoms with E-state index in [0.29, 0.717) is 6.42 Å². The summed E-state index contributed by atoms with van der Waals surface area (Å²) in [6.07, 6.45) is 3.65. The van der Waals surface area contributed by atoms with Gasteiger partial charge in [-0.1, -0.05) is 25.5 Å². The number of hydrogen-bond acceptors (Lipinski definition) is 2. The van der Waals surface area contributed by atoms with E-state index in [2.05, 4.69) is 13.0 Å². The molecule has 0 radical (unpaired) electrons. The number of benzene rings is 1. The van der Waals surface area contributed by atoms with Gasteiger partial charge in [0, 0.05) is 6.42 Å². The maximum Gasteiger partial charge on any atom is 0.119 e. The minimum absolute atomic E-state index is 0.579. The highest BCUT2D eigenvalue weighted by Gasteiger charge is 1.95. The number of hydrogen-bond donors (Lipinski definition) is 0. The molecule has 0 aliphatic heterocycles. The van der Waals surface area contributed by atoms with Gasteiger partial charge in [-0.25, -0.2) is 0 Å². The first-order valence-electron chi connectivity index (χ1n) is 5.45. The van der Waals surface area contributed by atoms with Gasteiger partial charge in [0.25, 0.3) is 0 Å². The normalized spacial score (nSPS) is 9.60. The largest absolute Gasteiger partial charge is 0.494 e. The maximum absolute atomic E-state index is 8.45. The summed E-state index contributed by atoms with van der Waals surface area (Å²) < 4.78 is 5.54. The molecule has 0 unspecified atom stereocenters. The van der Waals surface area contributed by atoms with E-state index in [0.717, 1.165) is 31.6 Å². The van der Waals surface area contributed by atoms with Crippen LogP contribution in [0.5, 0.6) is 5.75 Å². The van der Waals surface area contributed by atoms with Crippen LogP contribution in [0.1, 0.15) is 31.7 Å². The van der Waals surface area contributed by atoms with E-state index in [1.165, 1.54) is 5.56 Å². The van der Waals surface area contributed by atoms with Gasteiger partial charge in [-0.15, -0.1) is 0 Å². The third kappa shape index (κ3) is 4.51. The molecule has 1 rings (SSSR count). The van der Waals surface area contributed by atoms with Gasteiger partial charge in [0.1, 0.15) is 5.75 Å².